The van der Waals surface area contributed by atoms with E-state index in [0.29, 0.717) is 12.0 Å². The van der Waals surface area contributed by atoms with Crippen molar-refractivity contribution in [1.82, 2.24) is 15.1 Å². The zero-order valence-electron chi connectivity index (χ0n) is 13.7. The molecule has 0 spiro atoms. The molecule has 1 heterocycles. The van der Waals surface area contributed by atoms with Gasteiger partial charge in [-0.15, -0.1) is 0 Å². The van der Waals surface area contributed by atoms with Gasteiger partial charge in [0.2, 0.25) is 0 Å². The number of nitrogens with zero attached hydrogens (tertiary/aromatic N) is 2. The molecule has 20 heavy (non-hydrogen) atoms. The van der Waals surface area contributed by atoms with Crippen LogP contribution in [0, 0.1) is 5.92 Å². The first kappa shape index (κ1) is 17.5. The molecule has 2 atom stereocenters. The molecular formula is C16H30ClN3. The molecule has 4 heteroatoms. The Morgan fingerprint density at radius 3 is 2.45 bits per heavy atom. The third-order valence-corrected chi connectivity index (χ3v) is 4.43. The molecule has 1 N–H and O–H groups in total. The number of aryl methyl sites for hydroxylation is 2. The summed E-state index contributed by atoms with van der Waals surface area (Å²) in [5.41, 5.74) is 2.24. The molecule has 0 saturated heterocycles. The van der Waals surface area contributed by atoms with Gasteiger partial charge in [-0.3, -0.25) is 4.68 Å². The van der Waals surface area contributed by atoms with E-state index in [1.165, 1.54) is 12.1 Å². The van der Waals surface area contributed by atoms with E-state index in [4.69, 9.17) is 11.6 Å². The van der Waals surface area contributed by atoms with Crippen LogP contribution in [-0.2, 0) is 19.4 Å². The van der Waals surface area contributed by atoms with Gasteiger partial charge < -0.3 is 5.32 Å². The molecule has 0 bridgehead atoms. The van der Waals surface area contributed by atoms with Crippen LogP contribution in [0.1, 0.15) is 58.8 Å². The van der Waals surface area contributed by atoms with Crippen molar-refractivity contribution in [2.75, 3.05) is 6.54 Å². The summed E-state index contributed by atoms with van der Waals surface area (Å²) < 4.78 is 2.07. The Kier molecular flexibility index (Phi) is 7.60. The first-order valence-corrected chi connectivity index (χ1v) is 8.44. The average Bonchev–Trinajstić information content (AvgIpc) is 2.76. The van der Waals surface area contributed by atoms with Gasteiger partial charge in [0.25, 0.3) is 0 Å². The minimum Gasteiger partial charge on any atom is -0.314 e. The van der Waals surface area contributed by atoms with Crippen molar-refractivity contribution in [3.05, 3.63) is 16.4 Å². The zero-order chi connectivity index (χ0) is 15.1. The largest absolute Gasteiger partial charge is 0.314 e. The Morgan fingerprint density at radius 2 is 1.95 bits per heavy atom. The normalized spacial score (nSPS) is 14.5. The fraction of sp³-hybridized carbons (Fsp3) is 0.812. The molecule has 0 radical (unpaired) electrons. The molecule has 0 aliphatic rings. The van der Waals surface area contributed by atoms with Gasteiger partial charge in [-0.05, 0) is 45.1 Å². The second-order valence-corrected chi connectivity index (χ2v) is 5.90. The molecule has 0 fully saturated rings. The summed E-state index contributed by atoms with van der Waals surface area (Å²) in [4.78, 5) is 0. The van der Waals surface area contributed by atoms with Crippen molar-refractivity contribution in [1.29, 1.82) is 0 Å². The molecule has 2 unspecified atom stereocenters. The van der Waals surface area contributed by atoms with Crippen LogP contribution in [0.5, 0.6) is 0 Å². The SMILES string of the molecule is CCCNC(CC)C(C)Cc1c(Cl)c(CC)nn1CC. The van der Waals surface area contributed by atoms with Gasteiger partial charge in [-0.1, -0.05) is 39.3 Å². The van der Waals surface area contributed by atoms with E-state index in [9.17, 15) is 0 Å². The highest BCUT2D eigenvalue weighted by molar-refractivity contribution is 6.31. The summed E-state index contributed by atoms with van der Waals surface area (Å²) in [6, 6.07) is 0.552. The maximum absolute atomic E-state index is 6.50. The summed E-state index contributed by atoms with van der Waals surface area (Å²) in [7, 11) is 0. The molecule has 0 aliphatic carbocycles. The Hall–Kier alpha value is -0.540. The number of rotatable bonds is 9. The maximum Gasteiger partial charge on any atom is 0.0849 e. The highest BCUT2D eigenvalue weighted by Gasteiger charge is 2.21. The number of nitrogens with one attached hydrogen (secondary N) is 1. The third-order valence-electron chi connectivity index (χ3n) is 3.99. The Bertz CT molecular complexity index is 401. The van der Waals surface area contributed by atoms with E-state index in [1.807, 2.05) is 0 Å². The van der Waals surface area contributed by atoms with Crippen LogP contribution in [0.3, 0.4) is 0 Å². The average molecular weight is 300 g/mol. The van der Waals surface area contributed by atoms with Gasteiger partial charge in [0.1, 0.15) is 0 Å². The lowest BCUT2D eigenvalue weighted by atomic mass is 9.94. The lowest BCUT2D eigenvalue weighted by Gasteiger charge is -2.24. The Labute approximate surface area is 129 Å². The Balaban J connectivity index is 2.82. The second-order valence-electron chi connectivity index (χ2n) is 5.53. The van der Waals surface area contributed by atoms with E-state index in [-0.39, 0.29) is 0 Å². The van der Waals surface area contributed by atoms with E-state index in [0.717, 1.165) is 43.1 Å². The summed E-state index contributed by atoms with van der Waals surface area (Å²) >= 11 is 6.50. The lowest BCUT2D eigenvalue weighted by molar-refractivity contribution is 0.357. The molecule has 3 nitrogen and oxygen atoms in total. The number of aromatic nitrogens is 2. The van der Waals surface area contributed by atoms with Gasteiger partial charge in [0.15, 0.2) is 0 Å². The maximum atomic E-state index is 6.50. The van der Waals surface area contributed by atoms with Gasteiger partial charge in [-0.25, -0.2) is 0 Å². The van der Waals surface area contributed by atoms with Crippen molar-refractivity contribution in [3.63, 3.8) is 0 Å². The van der Waals surface area contributed by atoms with Crippen LogP contribution in [0.25, 0.3) is 0 Å². The molecule has 0 aromatic carbocycles. The monoisotopic (exact) mass is 299 g/mol. The summed E-state index contributed by atoms with van der Waals surface area (Å²) in [6.07, 6.45) is 4.23. The smallest absolute Gasteiger partial charge is 0.0849 e. The van der Waals surface area contributed by atoms with Crippen molar-refractivity contribution >= 4 is 11.6 Å². The second kappa shape index (κ2) is 8.68. The molecule has 1 rings (SSSR count). The van der Waals surface area contributed by atoms with Gasteiger partial charge in [0, 0.05) is 12.6 Å². The summed E-state index contributed by atoms with van der Waals surface area (Å²) in [5.74, 6) is 0.566. The van der Waals surface area contributed by atoms with E-state index >= 15 is 0 Å². The fourth-order valence-electron chi connectivity index (χ4n) is 2.74. The van der Waals surface area contributed by atoms with Crippen molar-refractivity contribution < 1.29 is 0 Å². The predicted octanol–water partition coefficient (Wildman–Crippen LogP) is 4.08. The number of halogens is 1. The Morgan fingerprint density at radius 1 is 1.25 bits per heavy atom. The quantitative estimate of drug-likeness (QED) is 0.745. The van der Waals surface area contributed by atoms with Gasteiger partial charge >= 0.3 is 0 Å². The van der Waals surface area contributed by atoms with Crippen LogP contribution in [-0.4, -0.2) is 22.4 Å². The molecule has 116 valence electrons. The first-order chi connectivity index (χ1) is 9.58. The minimum absolute atomic E-state index is 0.552. The minimum atomic E-state index is 0.552. The number of hydrogen-bond acceptors (Lipinski definition) is 2. The fourth-order valence-corrected chi connectivity index (χ4v) is 3.08. The molecule has 1 aromatic heterocycles. The van der Waals surface area contributed by atoms with E-state index < -0.39 is 0 Å². The zero-order valence-corrected chi connectivity index (χ0v) is 14.4. The first-order valence-electron chi connectivity index (χ1n) is 8.06. The van der Waals surface area contributed by atoms with E-state index in [2.05, 4.69) is 49.7 Å². The highest BCUT2D eigenvalue weighted by Crippen LogP contribution is 2.25. The third kappa shape index (κ3) is 4.23. The number of hydrogen-bond donors (Lipinski definition) is 1. The summed E-state index contributed by atoms with van der Waals surface area (Å²) in [5, 5.41) is 9.14. The van der Waals surface area contributed by atoms with Crippen LogP contribution in [0.2, 0.25) is 5.02 Å². The van der Waals surface area contributed by atoms with E-state index in [1.54, 1.807) is 0 Å². The molecule has 0 aliphatic heterocycles. The predicted molar refractivity (Wildman–Crippen MR) is 87.5 cm³/mol. The van der Waals surface area contributed by atoms with Crippen molar-refractivity contribution in [3.8, 4) is 0 Å². The van der Waals surface area contributed by atoms with Crippen LogP contribution < -0.4 is 5.32 Å². The molecular weight excluding hydrogens is 270 g/mol. The lowest BCUT2D eigenvalue weighted by Crippen LogP contribution is -2.36. The van der Waals surface area contributed by atoms with Crippen LogP contribution in [0.15, 0.2) is 0 Å². The standard InChI is InChI=1S/C16H30ClN3/c1-6-10-18-13(7-2)12(5)11-15-16(17)14(8-3)19-20(15)9-4/h12-13,18H,6-11H2,1-5H3. The van der Waals surface area contributed by atoms with Gasteiger partial charge in [0.05, 0.1) is 16.4 Å². The molecule has 0 saturated carbocycles. The van der Waals surface area contributed by atoms with Gasteiger partial charge in [-0.2, -0.15) is 5.10 Å². The molecule has 0 amide bonds. The van der Waals surface area contributed by atoms with Crippen LogP contribution in [0.4, 0.5) is 0 Å². The summed E-state index contributed by atoms with van der Waals surface area (Å²) in [6.45, 7) is 13.0. The topological polar surface area (TPSA) is 29.9 Å². The van der Waals surface area contributed by atoms with Crippen molar-refractivity contribution in [2.24, 2.45) is 5.92 Å². The van der Waals surface area contributed by atoms with Crippen LogP contribution >= 0.6 is 11.6 Å². The molecule has 1 aromatic rings. The highest BCUT2D eigenvalue weighted by atomic mass is 35.5. The van der Waals surface area contributed by atoms with Crippen molar-refractivity contribution in [2.45, 2.75) is 72.9 Å².